The van der Waals surface area contributed by atoms with Crippen molar-refractivity contribution in [1.82, 2.24) is 4.44 Å². The molecule has 0 aromatic heterocycles. The molecule has 238 valence electrons. The van der Waals surface area contributed by atoms with Gasteiger partial charge in [-0.2, -0.15) is 0 Å². The van der Waals surface area contributed by atoms with E-state index in [2.05, 4.69) is 165 Å². The van der Waals surface area contributed by atoms with Crippen LogP contribution in [0.5, 0.6) is 0 Å². The second-order valence-electron chi connectivity index (χ2n) is 13.2. The molecule has 0 fully saturated rings. The number of hydrogen-bond acceptors (Lipinski definition) is 3. The fourth-order valence-electron chi connectivity index (χ4n) is 5.10. The minimum atomic E-state index is -1.65. The Morgan fingerprint density at radius 1 is 0.511 bits per heavy atom. The van der Waals surface area contributed by atoms with Crippen LogP contribution in [0.4, 0.5) is 0 Å². The van der Waals surface area contributed by atoms with Crippen molar-refractivity contribution in [2.75, 3.05) is 6.54 Å². The Hall–Kier alpha value is -1.73. The molecule has 0 atom stereocenters. The van der Waals surface area contributed by atoms with Crippen molar-refractivity contribution in [3.8, 4) is 0 Å². The minimum absolute atomic E-state index is 0.0144. The zero-order chi connectivity index (χ0) is 32.1. The average molecular weight is 688 g/mol. The quantitative estimate of drug-likeness (QED) is 0.0451. The van der Waals surface area contributed by atoms with Gasteiger partial charge in [0.1, 0.15) is 15.4 Å². The van der Waals surface area contributed by atoms with Crippen LogP contribution in [0.2, 0.25) is 45.3 Å². The summed E-state index contributed by atoms with van der Waals surface area (Å²) < 4.78 is 15.8. The summed E-state index contributed by atoms with van der Waals surface area (Å²) in [5.41, 5.74) is 0. The predicted molar refractivity (Wildman–Crippen MR) is 207 cm³/mol. The Morgan fingerprint density at radius 3 is 1.18 bits per heavy atom. The molecule has 0 bridgehead atoms. The van der Waals surface area contributed by atoms with E-state index in [1.54, 1.807) is 0 Å². The van der Waals surface area contributed by atoms with Crippen LogP contribution in [0, 0.1) is 0 Å². The van der Waals surface area contributed by atoms with Crippen LogP contribution in [0.25, 0.3) is 0 Å². The average Bonchev–Trinajstić information content (AvgIpc) is 3.01. The van der Waals surface area contributed by atoms with Crippen molar-refractivity contribution in [1.29, 1.82) is 0 Å². The maximum Gasteiger partial charge on any atom is 0.186 e. The van der Waals surface area contributed by atoms with Gasteiger partial charge in [0.25, 0.3) is 0 Å². The standard InChI is InChI=1S/C37H51NO2P2Si3/c1-44(2,3)39-37(40-45(4,5)6)43-32-22-8-7-21-31-38(41(33-23-13-9-14-24-33)34-25-15-10-16-26-34)42(35-27-17-11-18-28-35)36-29-19-12-20-30-36/h9-20,23-30,37H,7-8,21-22,31-32H2,1-6H3. The van der Waals surface area contributed by atoms with E-state index < -0.39 is 32.8 Å². The van der Waals surface area contributed by atoms with E-state index in [-0.39, 0.29) is 5.91 Å². The first-order valence-electron chi connectivity index (χ1n) is 16.3. The SMILES string of the molecule is C[Si](C)(C)OC(O[Si](C)(C)C)[Si]CCCCCCN(P(c1ccccc1)c1ccccc1)P(c1ccccc1)c1ccccc1. The van der Waals surface area contributed by atoms with E-state index in [1.807, 2.05) is 0 Å². The number of rotatable bonds is 18. The van der Waals surface area contributed by atoms with Crippen LogP contribution in [0.15, 0.2) is 121 Å². The van der Waals surface area contributed by atoms with Crippen molar-refractivity contribution >= 4 is 63.5 Å². The van der Waals surface area contributed by atoms with E-state index >= 15 is 0 Å². The molecule has 0 spiro atoms. The molecule has 0 amide bonds. The molecule has 8 heteroatoms. The van der Waals surface area contributed by atoms with Gasteiger partial charge in [0.15, 0.2) is 16.6 Å². The largest absolute Gasteiger partial charge is 0.397 e. The first kappa shape index (κ1) is 36.1. The molecular weight excluding hydrogens is 637 g/mol. The first-order valence-corrected chi connectivity index (χ1v) is 27.0. The summed E-state index contributed by atoms with van der Waals surface area (Å²) in [6, 6.07) is 46.0. The molecule has 0 saturated heterocycles. The van der Waals surface area contributed by atoms with Gasteiger partial charge in [0, 0.05) is 22.7 Å². The Kier molecular flexibility index (Phi) is 14.4. The highest BCUT2D eigenvalue weighted by molar-refractivity contribution is 7.84. The molecule has 0 unspecified atom stereocenters. The Morgan fingerprint density at radius 2 is 0.844 bits per heavy atom. The Bertz CT molecular complexity index is 1190. The predicted octanol–water partition coefficient (Wildman–Crippen LogP) is 9.05. The molecule has 4 aromatic carbocycles. The summed E-state index contributed by atoms with van der Waals surface area (Å²) in [6.45, 7) is 14.7. The summed E-state index contributed by atoms with van der Waals surface area (Å²) in [6.07, 6.45) is 4.89. The smallest absolute Gasteiger partial charge is 0.186 e. The highest BCUT2D eigenvalue weighted by Crippen LogP contribution is 2.54. The lowest BCUT2D eigenvalue weighted by Gasteiger charge is -2.39. The second kappa shape index (κ2) is 18.0. The molecule has 0 aliphatic heterocycles. The number of unbranched alkanes of at least 4 members (excludes halogenated alkanes) is 3. The topological polar surface area (TPSA) is 21.7 Å². The molecule has 0 N–H and O–H groups in total. The Labute approximate surface area is 280 Å². The van der Waals surface area contributed by atoms with Crippen LogP contribution < -0.4 is 21.2 Å². The lowest BCUT2D eigenvalue weighted by molar-refractivity contribution is 0.0604. The van der Waals surface area contributed by atoms with Crippen LogP contribution in [0.1, 0.15) is 25.7 Å². The minimum Gasteiger partial charge on any atom is -0.397 e. The number of nitrogens with zero attached hydrogens (tertiary/aromatic N) is 1. The van der Waals surface area contributed by atoms with Gasteiger partial charge >= 0.3 is 0 Å². The third-order valence-electron chi connectivity index (χ3n) is 6.98. The number of benzene rings is 4. The summed E-state index contributed by atoms with van der Waals surface area (Å²) in [4.78, 5) is 0. The van der Waals surface area contributed by atoms with Gasteiger partial charge in [-0.25, -0.2) is 4.44 Å². The van der Waals surface area contributed by atoms with E-state index in [9.17, 15) is 0 Å². The third-order valence-corrected chi connectivity index (χ3v) is 16.1. The summed E-state index contributed by atoms with van der Waals surface area (Å²) >= 11 is 0. The highest BCUT2D eigenvalue weighted by atomic mass is 31.2. The van der Waals surface area contributed by atoms with E-state index in [0.717, 1.165) is 6.54 Å². The maximum absolute atomic E-state index is 6.46. The monoisotopic (exact) mass is 687 g/mol. The highest BCUT2D eigenvalue weighted by Gasteiger charge is 2.31. The van der Waals surface area contributed by atoms with Crippen LogP contribution in [0.3, 0.4) is 0 Å². The summed E-state index contributed by atoms with van der Waals surface area (Å²) in [5, 5.41) is 5.65. The van der Waals surface area contributed by atoms with Gasteiger partial charge in [0.2, 0.25) is 0 Å². The zero-order valence-electron chi connectivity index (χ0n) is 28.0. The van der Waals surface area contributed by atoms with Gasteiger partial charge in [-0.05, 0) is 66.9 Å². The molecule has 0 aliphatic carbocycles. The van der Waals surface area contributed by atoms with Crippen molar-refractivity contribution in [2.24, 2.45) is 0 Å². The third kappa shape index (κ3) is 12.4. The lowest BCUT2D eigenvalue weighted by atomic mass is 10.2. The molecular formula is C37H51NO2P2Si3. The number of hydrogen-bond donors (Lipinski definition) is 0. The second-order valence-corrected chi connectivity index (χ2v) is 28.1. The van der Waals surface area contributed by atoms with Gasteiger partial charge < -0.3 is 8.85 Å². The van der Waals surface area contributed by atoms with Crippen LogP contribution in [-0.2, 0) is 8.85 Å². The Balaban J connectivity index is 1.53. The fourth-order valence-corrected chi connectivity index (χ4v) is 16.2. The molecule has 2 radical (unpaired) electrons. The molecule has 3 nitrogen and oxygen atoms in total. The fraction of sp³-hybridized carbons (Fsp3) is 0.351. The van der Waals surface area contributed by atoms with Crippen molar-refractivity contribution < 1.29 is 8.85 Å². The molecule has 4 aromatic rings. The molecule has 0 saturated carbocycles. The van der Waals surface area contributed by atoms with Crippen LogP contribution in [-0.4, -0.2) is 43.1 Å². The molecule has 45 heavy (non-hydrogen) atoms. The lowest BCUT2D eigenvalue weighted by Crippen LogP contribution is -2.42. The van der Waals surface area contributed by atoms with Crippen molar-refractivity contribution in [3.63, 3.8) is 0 Å². The van der Waals surface area contributed by atoms with Crippen molar-refractivity contribution in [2.45, 2.75) is 76.9 Å². The van der Waals surface area contributed by atoms with Gasteiger partial charge in [-0.3, -0.25) is 0 Å². The van der Waals surface area contributed by atoms with E-state index in [4.69, 9.17) is 8.85 Å². The summed E-state index contributed by atoms with van der Waals surface area (Å²) in [5.74, 6) is -0.0144. The van der Waals surface area contributed by atoms with Crippen molar-refractivity contribution in [3.05, 3.63) is 121 Å². The van der Waals surface area contributed by atoms with Gasteiger partial charge in [0.05, 0.1) is 0 Å². The zero-order valence-corrected chi connectivity index (χ0v) is 32.8. The normalized spacial score (nSPS) is 12.5. The van der Waals surface area contributed by atoms with E-state index in [1.165, 1.54) is 52.9 Å². The maximum atomic E-state index is 6.46. The van der Waals surface area contributed by atoms with Crippen LogP contribution >= 0.6 is 16.1 Å². The molecule has 0 heterocycles. The van der Waals surface area contributed by atoms with E-state index in [0.29, 0.717) is 9.52 Å². The molecule has 4 rings (SSSR count). The first-order chi connectivity index (χ1) is 21.6. The van der Waals surface area contributed by atoms with Gasteiger partial charge in [-0.1, -0.05) is 147 Å². The summed E-state index contributed by atoms with van der Waals surface area (Å²) in [7, 11) is -4.03. The van der Waals surface area contributed by atoms with Gasteiger partial charge in [-0.15, -0.1) is 0 Å². The molecule has 0 aliphatic rings.